The van der Waals surface area contributed by atoms with E-state index < -0.39 is 17.7 Å². The molecule has 7 nitrogen and oxygen atoms in total. The Hall–Kier alpha value is -3.69. The molecule has 0 spiro atoms. The van der Waals surface area contributed by atoms with Gasteiger partial charge in [0, 0.05) is 10.4 Å². The summed E-state index contributed by atoms with van der Waals surface area (Å²) in [5.41, 5.74) is 3.02. The van der Waals surface area contributed by atoms with Gasteiger partial charge in [-0.15, -0.1) is 11.3 Å². The van der Waals surface area contributed by atoms with Crippen molar-refractivity contribution < 1.29 is 24.2 Å². The molecule has 2 aromatic heterocycles. The topological polar surface area (TPSA) is 89.0 Å². The number of fused-ring (bicyclic) bond motifs is 1. The van der Waals surface area contributed by atoms with Gasteiger partial charge < -0.3 is 14.6 Å². The van der Waals surface area contributed by atoms with Gasteiger partial charge in [0.15, 0.2) is 5.13 Å². The fourth-order valence-electron chi connectivity index (χ4n) is 4.60. The number of carbonyl (C=O) groups is 2. The van der Waals surface area contributed by atoms with Crippen LogP contribution >= 0.6 is 22.7 Å². The number of rotatable bonds is 6. The van der Waals surface area contributed by atoms with E-state index in [-0.39, 0.29) is 17.3 Å². The highest BCUT2D eigenvalue weighted by molar-refractivity contribution is 7.22. The molecule has 1 aliphatic heterocycles. The number of amides is 1. The average Bonchev–Trinajstić information content (AvgIpc) is 3.61. The van der Waals surface area contributed by atoms with Crippen LogP contribution < -0.4 is 14.4 Å². The minimum absolute atomic E-state index is 0.0420. The zero-order chi connectivity index (χ0) is 26.4. The predicted molar refractivity (Wildman–Crippen MR) is 147 cm³/mol. The Morgan fingerprint density at radius 1 is 1.08 bits per heavy atom. The number of thiazole rings is 1. The quantitative estimate of drug-likeness (QED) is 0.174. The third kappa shape index (κ3) is 4.18. The molecule has 1 aliphatic rings. The molecule has 0 bridgehead atoms. The fourth-order valence-corrected chi connectivity index (χ4v) is 6.43. The molecule has 37 heavy (non-hydrogen) atoms. The number of ether oxygens (including phenoxy) is 2. The number of nitrogens with zero attached hydrogens (tertiary/aromatic N) is 2. The Kier molecular flexibility index (Phi) is 6.51. The SMILES string of the molecule is COc1cc2sc(N3C(=O)C(=O)/C(=C(/O)c4ccc(OC)c(C(C)C)c4)C3c3cccs3)nc2cc1C. The lowest BCUT2D eigenvalue weighted by Crippen LogP contribution is -2.28. The molecule has 9 heteroatoms. The van der Waals surface area contributed by atoms with E-state index in [2.05, 4.69) is 0 Å². The molecule has 1 fully saturated rings. The first kappa shape index (κ1) is 25.0. The summed E-state index contributed by atoms with van der Waals surface area (Å²) in [6.45, 7) is 5.97. The van der Waals surface area contributed by atoms with Crippen molar-refractivity contribution in [2.45, 2.75) is 32.7 Å². The van der Waals surface area contributed by atoms with E-state index in [1.807, 2.05) is 56.5 Å². The molecule has 0 radical (unpaired) electrons. The van der Waals surface area contributed by atoms with Crippen molar-refractivity contribution in [1.82, 2.24) is 4.98 Å². The number of aliphatic hydroxyl groups excluding tert-OH is 1. The van der Waals surface area contributed by atoms with Crippen molar-refractivity contribution in [3.05, 3.63) is 75.0 Å². The zero-order valence-corrected chi connectivity index (χ0v) is 22.7. The summed E-state index contributed by atoms with van der Waals surface area (Å²) in [6, 6.07) is 12.0. The Balaban J connectivity index is 1.69. The Morgan fingerprint density at radius 3 is 2.49 bits per heavy atom. The molecule has 1 amide bonds. The average molecular weight is 535 g/mol. The normalized spacial score (nSPS) is 17.2. The van der Waals surface area contributed by atoms with Crippen molar-refractivity contribution >= 4 is 55.5 Å². The van der Waals surface area contributed by atoms with Crippen molar-refractivity contribution in [3.63, 3.8) is 0 Å². The second-order valence-electron chi connectivity index (χ2n) is 9.08. The van der Waals surface area contributed by atoms with Crippen LogP contribution in [0.4, 0.5) is 5.13 Å². The smallest absolute Gasteiger partial charge is 0.301 e. The molecule has 0 saturated carbocycles. The number of aryl methyl sites for hydroxylation is 1. The van der Waals surface area contributed by atoms with Crippen LogP contribution in [-0.2, 0) is 9.59 Å². The summed E-state index contributed by atoms with van der Waals surface area (Å²) >= 11 is 2.72. The summed E-state index contributed by atoms with van der Waals surface area (Å²) in [5, 5.41) is 13.7. The van der Waals surface area contributed by atoms with Gasteiger partial charge in [-0.3, -0.25) is 14.5 Å². The van der Waals surface area contributed by atoms with Gasteiger partial charge in [-0.1, -0.05) is 31.3 Å². The van der Waals surface area contributed by atoms with Crippen LogP contribution in [-0.4, -0.2) is 36.0 Å². The summed E-state index contributed by atoms with van der Waals surface area (Å²) < 4.78 is 11.7. The van der Waals surface area contributed by atoms with Crippen molar-refractivity contribution in [2.24, 2.45) is 0 Å². The molecule has 1 N–H and O–H groups in total. The number of aliphatic hydroxyl groups is 1. The molecule has 4 aromatic rings. The van der Waals surface area contributed by atoms with Gasteiger partial charge in [-0.25, -0.2) is 4.98 Å². The number of ketones is 1. The first-order valence-corrected chi connectivity index (χ1v) is 13.4. The standard InChI is InChI=1S/C28H26N2O5S2/c1-14(2)17-12-16(8-9-19(17)34-4)25(31)23-24(21-7-6-10-36-21)30(27(33)26(23)32)28-29-18-11-15(3)20(35-5)13-22(18)37-28/h6-14,24,31H,1-5H3/b25-23+. The van der Waals surface area contributed by atoms with Crippen LogP contribution in [0.1, 0.15) is 47.4 Å². The van der Waals surface area contributed by atoms with Crippen LogP contribution in [0, 0.1) is 6.92 Å². The second kappa shape index (κ2) is 9.64. The number of methoxy groups -OCH3 is 2. The number of benzene rings is 2. The van der Waals surface area contributed by atoms with E-state index in [0.29, 0.717) is 22.0 Å². The van der Waals surface area contributed by atoms with Crippen molar-refractivity contribution in [1.29, 1.82) is 0 Å². The van der Waals surface area contributed by atoms with Gasteiger partial charge in [-0.2, -0.15) is 0 Å². The van der Waals surface area contributed by atoms with Crippen LogP contribution in [0.5, 0.6) is 11.5 Å². The highest BCUT2D eigenvalue weighted by atomic mass is 32.1. The Morgan fingerprint density at radius 2 is 1.84 bits per heavy atom. The summed E-state index contributed by atoms with van der Waals surface area (Å²) in [7, 11) is 3.20. The molecule has 2 aromatic carbocycles. The molecule has 1 saturated heterocycles. The molecule has 0 aliphatic carbocycles. The number of carbonyl (C=O) groups excluding carboxylic acids is 2. The number of hydrogen-bond acceptors (Lipinski definition) is 8. The second-order valence-corrected chi connectivity index (χ2v) is 11.1. The van der Waals surface area contributed by atoms with Crippen LogP contribution in [0.3, 0.4) is 0 Å². The van der Waals surface area contributed by atoms with E-state index in [1.54, 1.807) is 26.4 Å². The monoisotopic (exact) mass is 534 g/mol. The third-order valence-corrected chi connectivity index (χ3v) is 8.42. The molecular formula is C28H26N2O5S2. The number of thiophene rings is 1. The van der Waals surface area contributed by atoms with E-state index in [9.17, 15) is 14.7 Å². The highest BCUT2D eigenvalue weighted by Crippen LogP contribution is 2.46. The first-order valence-electron chi connectivity index (χ1n) is 11.7. The van der Waals surface area contributed by atoms with Gasteiger partial charge in [0.25, 0.3) is 5.78 Å². The summed E-state index contributed by atoms with van der Waals surface area (Å²) in [5.74, 6) is -0.142. The van der Waals surface area contributed by atoms with Gasteiger partial charge in [0.2, 0.25) is 0 Å². The maximum atomic E-state index is 13.5. The van der Waals surface area contributed by atoms with E-state index >= 15 is 0 Å². The van der Waals surface area contributed by atoms with Gasteiger partial charge in [0.1, 0.15) is 23.3 Å². The molecule has 3 heterocycles. The Labute approximate surface area is 222 Å². The van der Waals surface area contributed by atoms with Crippen molar-refractivity contribution in [2.75, 3.05) is 19.1 Å². The van der Waals surface area contributed by atoms with Gasteiger partial charge >= 0.3 is 5.91 Å². The van der Waals surface area contributed by atoms with Crippen molar-refractivity contribution in [3.8, 4) is 11.5 Å². The molecule has 190 valence electrons. The lowest BCUT2D eigenvalue weighted by Gasteiger charge is -2.21. The minimum atomic E-state index is -0.798. The zero-order valence-electron chi connectivity index (χ0n) is 21.1. The Bertz CT molecular complexity index is 1550. The predicted octanol–water partition coefficient (Wildman–Crippen LogP) is 6.43. The molecular weight excluding hydrogens is 508 g/mol. The first-order chi connectivity index (χ1) is 17.7. The number of aromatic nitrogens is 1. The highest BCUT2D eigenvalue weighted by Gasteiger charge is 2.48. The minimum Gasteiger partial charge on any atom is -0.507 e. The lowest BCUT2D eigenvalue weighted by atomic mass is 9.95. The van der Waals surface area contributed by atoms with Gasteiger partial charge in [0.05, 0.1) is 30.0 Å². The van der Waals surface area contributed by atoms with E-state index in [4.69, 9.17) is 14.5 Å². The van der Waals surface area contributed by atoms with Gasteiger partial charge in [-0.05, 0) is 65.7 Å². The maximum Gasteiger partial charge on any atom is 0.301 e. The maximum absolute atomic E-state index is 13.5. The van der Waals surface area contributed by atoms with E-state index in [1.165, 1.54) is 27.6 Å². The third-order valence-electron chi connectivity index (χ3n) is 6.48. The molecule has 1 unspecified atom stereocenters. The number of anilines is 1. The number of Topliss-reactive ketones (excluding diaryl/α,β-unsaturated/α-hetero) is 1. The molecule has 5 rings (SSSR count). The van der Waals surface area contributed by atoms with E-state index in [0.717, 1.165) is 26.5 Å². The summed E-state index contributed by atoms with van der Waals surface area (Å²) in [6.07, 6.45) is 0. The lowest BCUT2D eigenvalue weighted by molar-refractivity contribution is -0.132. The largest absolute Gasteiger partial charge is 0.507 e. The van der Waals surface area contributed by atoms with Crippen LogP contribution in [0.15, 0.2) is 53.4 Å². The van der Waals surface area contributed by atoms with Crippen LogP contribution in [0.25, 0.3) is 16.0 Å². The fraction of sp³-hybridized carbons (Fsp3) is 0.250. The molecule has 1 atom stereocenters. The number of hydrogen-bond donors (Lipinski definition) is 1. The summed E-state index contributed by atoms with van der Waals surface area (Å²) in [4.78, 5) is 33.8. The van der Waals surface area contributed by atoms with Crippen LogP contribution in [0.2, 0.25) is 0 Å².